The fourth-order valence-electron chi connectivity index (χ4n) is 2.84. The molecule has 0 atom stereocenters. The summed E-state index contributed by atoms with van der Waals surface area (Å²) in [5.74, 6) is -0.612. The Morgan fingerprint density at radius 1 is 1.19 bits per heavy atom. The van der Waals surface area contributed by atoms with Gasteiger partial charge in [0.25, 0.3) is 0 Å². The van der Waals surface area contributed by atoms with Crippen molar-refractivity contribution in [1.29, 1.82) is 0 Å². The van der Waals surface area contributed by atoms with Crippen molar-refractivity contribution in [3.8, 4) is 5.69 Å². The van der Waals surface area contributed by atoms with E-state index < -0.39 is 5.91 Å². The molecule has 2 aromatic rings. The van der Waals surface area contributed by atoms with E-state index >= 15 is 0 Å². The van der Waals surface area contributed by atoms with Gasteiger partial charge in [-0.25, -0.2) is 4.68 Å². The molecule has 0 aliphatic carbocycles. The minimum atomic E-state index is -0.432. The van der Waals surface area contributed by atoms with Crippen LogP contribution in [0.2, 0.25) is 0 Å². The number of carbonyl (C=O) groups is 2. The first kappa shape index (κ1) is 19.7. The second-order valence-corrected chi connectivity index (χ2v) is 6.37. The number of nitrogens with one attached hydrogen (secondary N) is 1. The number of unbranched alkanes of at least 4 members (excludes halogenated alkanes) is 1. The molecule has 7 heteroatoms. The van der Waals surface area contributed by atoms with Gasteiger partial charge in [0.05, 0.1) is 35.9 Å². The largest absolute Gasteiger partial charge is 0.369 e. The highest BCUT2D eigenvalue weighted by Gasteiger charge is 2.17. The smallest absolute Gasteiger partial charge is 0.238 e. The molecule has 0 saturated heterocycles. The van der Waals surface area contributed by atoms with Gasteiger partial charge in [-0.15, -0.1) is 0 Å². The molecule has 0 fully saturated rings. The van der Waals surface area contributed by atoms with Gasteiger partial charge in [0.15, 0.2) is 0 Å². The number of aromatic nitrogens is 2. The predicted molar refractivity (Wildman–Crippen MR) is 102 cm³/mol. The number of hydrogen-bond acceptors (Lipinski definition) is 4. The average Bonchev–Trinajstić information content (AvgIpc) is 2.88. The van der Waals surface area contributed by atoms with E-state index in [0.29, 0.717) is 12.2 Å². The zero-order valence-electron chi connectivity index (χ0n) is 15.7. The lowest BCUT2D eigenvalue weighted by Gasteiger charge is -2.19. The number of primary amides is 1. The van der Waals surface area contributed by atoms with Crippen molar-refractivity contribution in [1.82, 2.24) is 14.7 Å². The Labute approximate surface area is 154 Å². The number of hydrogen-bond donors (Lipinski definition) is 2. The summed E-state index contributed by atoms with van der Waals surface area (Å²) in [7, 11) is 0. The molecule has 0 spiro atoms. The molecule has 26 heavy (non-hydrogen) atoms. The summed E-state index contributed by atoms with van der Waals surface area (Å²) >= 11 is 0. The zero-order chi connectivity index (χ0) is 19.1. The molecule has 0 unspecified atom stereocenters. The van der Waals surface area contributed by atoms with Gasteiger partial charge in [0.1, 0.15) is 0 Å². The van der Waals surface area contributed by atoms with Gasteiger partial charge in [-0.05, 0) is 38.9 Å². The standard InChI is InChI=1S/C19H27N5O2/c1-4-5-11-23(12-17(20)25)13-18(26)21-19-14(2)22-24(15(19)3)16-9-7-6-8-10-16/h6-10H,4-5,11-13H2,1-3H3,(H2,20,25)(H,21,26). The molecule has 140 valence electrons. The van der Waals surface area contributed by atoms with Crippen LogP contribution in [0.1, 0.15) is 31.2 Å². The maximum Gasteiger partial charge on any atom is 0.238 e. The Morgan fingerprint density at radius 3 is 2.50 bits per heavy atom. The fraction of sp³-hybridized carbons (Fsp3) is 0.421. The molecule has 0 bridgehead atoms. The normalized spacial score (nSPS) is 10.9. The second kappa shape index (κ2) is 9.15. The maximum atomic E-state index is 12.5. The third-order valence-corrected chi connectivity index (χ3v) is 4.13. The maximum absolute atomic E-state index is 12.5. The van der Waals surface area contributed by atoms with Crippen LogP contribution in [0.15, 0.2) is 30.3 Å². The lowest BCUT2D eigenvalue weighted by molar-refractivity contribution is -0.121. The van der Waals surface area contributed by atoms with Crippen LogP contribution in [0.3, 0.4) is 0 Å². The summed E-state index contributed by atoms with van der Waals surface area (Å²) in [5.41, 5.74) is 8.53. The first-order valence-electron chi connectivity index (χ1n) is 8.84. The van der Waals surface area contributed by atoms with E-state index in [1.807, 2.05) is 48.9 Å². The molecule has 0 saturated carbocycles. The van der Waals surface area contributed by atoms with Crippen LogP contribution >= 0.6 is 0 Å². The van der Waals surface area contributed by atoms with E-state index in [1.165, 1.54) is 0 Å². The number of nitrogens with two attached hydrogens (primary N) is 1. The Morgan fingerprint density at radius 2 is 1.88 bits per heavy atom. The predicted octanol–water partition coefficient (Wildman–Crippen LogP) is 2.02. The molecule has 1 aromatic carbocycles. The van der Waals surface area contributed by atoms with Gasteiger partial charge < -0.3 is 11.1 Å². The van der Waals surface area contributed by atoms with E-state index in [-0.39, 0.29) is 19.0 Å². The molecule has 3 N–H and O–H groups in total. The minimum absolute atomic E-state index is 0.0780. The summed E-state index contributed by atoms with van der Waals surface area (Å²) in [6, 6.07) is 9.76. The number of carbonyl (C=O) groups excluding carboxylic acids is 2. The van der Waals surface area contributed by atoms with Crippen LogP contribution < -0.4 is 11.1 Å². The average molecular weight is 357 g/mol. The number of para-hydroxylation sites is 1. The molecule has 1 aromatic heterocycles. The lowest BCUT2D eigenvalue weighted by Crippen LogP contribution is -2.39. The molecule has 1 heterocycles. The van der Waals surface area contributed by atoms with E-state index in [2.05, 4.69) is 17.3 Å². The zero-order valence-corrected chi connectivity index (χ0v) is 15.7. The number of anilines is 1. The summed E-state index contributed by atoms with van der Waals surface area (Å²) in [4.78, 5) is 25.5. The van der Waals surface area contributed by atoms with Crippen molar-refractivity contribution in [2.24, 2.45) is 5.73 Å². The Kier molecular flexibility index (Phi) is 6.91. The highest BCUT2D eigenvalue weighted by Crippen LogP contribution is 2.22. The first-order valence-corrected chi connectivity index (χ1v) is 8.84. The monoisotopic (exact) mass is 357 g/mol. The van der Waals surface area contributed by atoms with E-state index in [1.54, 1.807) is 4.90 Å². The van der Waals surface area contributed by atoms with E-state index in [4.69, 9.17) is 5.73 Å². The second-order valence-electron chi connectivity index (χ2n) is 6.37. The number of nitrogens with zero attached hydrogens (tertiary/aromatic N) is 3. The molecule has 0 aliphatic rings. The molecule has 0 aliphatic heterocycles. The third-order valence-electron chi connectivity index (χ3n) is 4.13. The van der Waals surface area contributed by atoms with Crippen LogP contribution in [0.25, 0.3) is 5.69 Å². The quantitative estimate of drug-likeness (QED) is 0.718. The summed E-state index contributed by atoms with van der Waals surface area (Å²) < 4.78 is 1.81. The van der Waals surface area contributed by atoms with Crippen LogP contribution in [0.5, 0.6) is 0 Å². The van der Waals surface area contributed by atoms with Crippen molar-refractivity contribution in [2.45, 2.75) is 33.6 Å². The van der Waals surface area contributed by atoms with Crippen LogP contribution in [0.4, 0.5) is 5.69 Å². The topological polar surface area (TPSA) is 93.2 Å². The highest BCUT2D eigenvalue weighted by atomic mass is 16.2. The molecule has 0 radical (unpaired) electrons. The Bertz CT molecular complexity index is 755. The summed E-state index contributed by atoms with van der Waals surface area (Å²) in [6.45, 7) is 6.70. The van der Waals surface area contributed by atoms with Gasteiger partial charge >= 0.3 is 0 Å². The first-order chi connectivity index (χ1) is 12.4. The van der Waals surface area contributed by atoms with Gasteiger partial charge in [0, 0.05) is 0 Å². The minimum Gasteiger partial charge on any atom is -0.369 e. The van der Waals surface area contributed by atoms with Crippen LogP contribution in [-0.2, 0) is 9.59 Å². The van der Waals surface area contributed by atoms with Crippen LogP contribution in [0, 0.1) is 13.8 Å². The van der Waals surface area contributed by atoms with E-state index in [9.17, 15) is 9.59 Å². The van der Waals surface area contributed by atoms with Crippen molar-refractivity contribution in [3.63, 3.8) is 0 Å². The van der Waals surface area contributed by atoms with Crippen molar-refractivity contribution in [3.05, 3.63) is 41.7 Å². The van der Waals surface area contributed by atoms with Gasteiger partial charge in [-0.1, -0.05) is 31.5 Å². The van der Waals surface area contributed by atoms with Gasteiger partial charge in [-0.3, -0.25) is 14.5 Å². The molecular formula is C19H27N5O2. The van der Waals surface area contributed by atoms with Gasteiger partial charge in [0.2, 0.25) is 11.8 Å². The van der Waals surface area contributed by atoms with Crippen molar-refractivity contribution in [2.75, 3.05) is 25.0 Å². The number of amides is 2. The molecule has 7 nitrogen and oxygen atoms in total. The highest BCUT2D eigenvalue weighted by molar-refractivity contribution is 5.93. The lowest BCUT2D eigenvalue weighted by atomic mass is 10.2. The van der Waals surface area contributed by atoms with Gasteiger partial charge in [-0.2, -0.15) is 5.10 Å². The Hall–Kier alpha value is -2.67. The Balaban J connectivity index is 2.11. The molecule has 2 amide bonds. The number of aryl methyl sites for hydroxylation is 1. The molecule has 2 rings (SSSR count). The fourth-order valence-corrected chi connectivity index (χ4v) is 2.84. The van der Waals surface area contributed by atoms with E-state index in [0.717, 1.165) is 29.9 Å². The molecular weight excluding hydrogens is 330 g/mol. The number of benzene rings is 1. The van der Waals surface area contributed by atoms with Crippen molar-refractivity contribution < 1.29 is 9.59 Å². The third kappa shape index (κ3) is 5.16. The summed E-state index contributed by atoms with van der Waals surface area (Å²) in [6.07, 6.45) is 1.89. The van der Waals surface area contributed by atoms with Crippen LogP contribution in [-0.4, -0.2) is 46.1 Å². The SMILES string of the molecule is CCCCN(CC(N)=O)CC(=O)Nc1c(C)nn(-c2ccccc2)c1C. The number of rotatable bonds is 9. The van der Waals surface area contributed by atoms with Crippen molar-refractivity contribution >= 4 is 17.5 Å². The summed E-state index contributed by atoms with van der Waals surface area (Å²) in [5, 5.41) is 7.46.